The first kappa shape index (κ1) is 17.2. The normalized spacial score (nSPS) is 28.6. The van der Waals surface area contributed by atoms with Crippen LogP contribution in [0.3, 0.4) is 0 Å². The fourth-order valence-corrected chi connectivity index (χ4v) is 3.25. The highest BCUT2D eigenvalue weighted by Gasteiger charge is 2.46. The number of ether oxygens (including phenoxy) is 2. The first-order chi connectivity index (χ1) is 10.5. The van der Waals surface area contributed by atoms with Gasteiger partial charge in [-0.2, -0.15) is 0 Å². The molecule has 2 saturated heterocycles. The molecule has 2 unspecified atom stereocenters. The summed E-state index contributed by atoms with van der Waals surface area (Å²) in [6, 6.07) is -0.770. The summed E-state index contributed by atoms with van der Waals surface area (Å²) < 4.78 is 11.3. The lowest BCUT2D eigenvalue weighted by Gasteiger charge is -2.50. The number of morpholine rings is 2. The highest BCUT2D eigenvalue weighted by molar-refractivity contribution is 5.85. The Balaban J connectivity index is 2.19. The number of hydrogen-bond donors (Lipinski definition) is 1. The molecule has 0 bridgehead atoms. The molecule has 2 heterocycles. The van der Waals surface area contributed by atoms with Crippen molar-refractivity contribution < 1.29 is 24.2 Å². The minimum atomic E-state index is -0.941. The molecule has 1 amide bonds. The molecule has 1 N–H and O–H groups in total. The number of carboxylic acid groups (broad SMARTS) is 1. The van der Waals surface area contributed by atoms with E-state index >= 15 is 0 Å². The summed E-state index contributed by atoms with van der Waals surface area (Å²) >= 11 is 0. The molecular formula is C15H26N2O5. The van der Waals surface area contributed by atoms with Crippen LogP contribution in [0.4, 0.5) is 0 Å². The van der Waals surface area contributed by atoms with Crippen LogP contribution in [0.15, 0.2) is 0 Å². The predicted molar refractivity (Wildman–Crippen MR) is 79.4 cm³/mol. The quantitative estimate of drug-likeness (QED) is 0.771. The van der Waals surface area contributed by atoms with Crippen LogP contribution < -0.4 is 0 Å². The first-order valence-corrected chi connectivity index (χ1v) is 8.03. The van der Waals surface area contributed by atoms with E-state index in [1.165, 1.54) is 4.90 Å². The Hall–Kier alpha value is -1.18. The SMILES string of the molecule is CCCC(C(=O)O)N1CC(CC)(N2CCOCC2)OCC1=O. The van der Waals surface area contributed by atoms with E-state index in [1.807, 2.05) is 13.8 Å². The van der Waals surface area contributed by atoms with E-state index in [2.05, 4.69) is 4.90 Å². The van der Waals surface area contributed by atoms with Gasteiger partial charge >= 0.3 is 5.97 Å². The van der Waals surface area contributed by atoms with Crippen LogP contribution in [0, 0.1) is 0 Å². The molecule has 0 spiro atoms. The van der Waals surface area contributed by atoms with Gasteiger partial charge in [0.1, 0.15) is 18.4 Å². The second-order valence-electron chi connectivity index (χ2n) is 5.85. The van der Waals surface area contributed by atoms with E-state index in [0.29, 0.717) is 32.6 Å². The number of hydrogen-bond acceptors (Lipinski definition) is 5. The standard InChI is InChI=1S/C15H26N2O5/c1-3-5-12(14(19)20)17-11-15(4-2,22-10-13(17)18)16-6-8-21-9-7-16/h12H,3-11H2,1-2H3,(H,19,20). The van der Waals surface area contributed by atoms with Gasteiger partial charge in [-0.15, -0.1) is 0 Å². The van der Waals surface area contributed by atoms with Crippen LogP contribution >= 0.6 is 0 Å². The van der Waals surface area contributed by atoms with Gasteiger partial charge in [-0.25, -0.2) is 4.79 Å². The van der Waals surface area contributed by atoms with Gasteiger partial charge in [0, 0.05) is 13.1 Å². The molecule has 22 heavy (non-hydrogen) atoms. The lowest BCUT2D eigenvalue weighted by Crippen LogP contribution is -2.66. The lowest BCUT2D eigenvalue weighted by atomic mass is 10.0. The summed E-state index contributed by atoms with van der Waals surface area (Å²) in [7, 11) is 0. The minimum absolute atomic E-state index is 0.0569. The Labute approximate surface area is 131 Å². The van der Waals surface area contributed by atoms with E-state index < -0.39 is 17.7 Å². The number of carboxylic acids is 1. The van der Waals surface area contributed by atoms with Crippen molar-refractivity contribution in [1.29, 1.82) is 0 Å². The average molecular weight is 314 g/mol. The topological polar surface area (TPSA) is 79.3 Å². The molecule has 0 aromatic rings. The van der Waals surface area contributed by atoms with Gasteiger partial charge in [-0.3, -0.25) is 9.69 Å². The van der Waals surface area contributed by atoms with Gasteiger partial charge in [0.25, 0.3) is 0 Å². The van der Waals surface area contributed by atoms with Gasteiger partial charge in [-0.1, -0.05) is 20.3 Å². The smallest absolute Gasteiger partial charge is 0.326 e. The molecule has 0 radical (unpaired) electrons. The third-order valence-corrected chi connectivity index (χ3v) is 4.57. The fraction of sp³-hybridized carbons (Fsp3) is 0.867. The molecule has 7 heteroatoms. The zero-order valence-electron chi connectivity index (χ0n) is 13.4. The van der Waals surface area contributed by atoms with Crippen molar-refractivity contribution >= 4 is 11.9 Å². The number of aliphatic carboxylic acids is 1. The Morgan fingerprint density at radius 3 is 2.59 bits per heavy atom. The molecule has 0 aromatic heterocycles. The zero-order valence-corrected chi connectivity index (χ0v) is 13.4. The molecule has 2 atom stereocenters. The number of rotatable bonds is 6. The largest absolute Gasteiger partial charge is 0.480 e. The third kappa shape index (κ3) is 3.42. The average Bonchev–Trinajstić information content (AvgIpc) is 2.54. The van der Waals surface area contributed by atoms with Crippen molar-refractivity contribution in [3.63, 3.8) is 0 Å². The van der Waals surface area contributed by atoms with Crippen LogP contribution in [-0.2, 0) is 19.1 Å². The summed E-state index contributed by atoms with van der Waals surface area (Å²) in [5.74, 6) is -1.18. The van der Waals surface area contributed by atoms with Gasteiger partial charge in [0.15, 0.2) is 0 Å². The highest BCUT2D eigenvalue weighted by atomic mass is 16.5. The molecular weight excluding hydrogens is 288 g/mol. The van der Waals surface area contributed by atoms with Crippen molar-refractivity contribution in [3.8, 4) is 0 Å². The first-order valence-electron chi connectivity index (χ1n) is 8.03. The van der Waals surface area contributed by atoms with Crippen molar-refractivity contribution in [2.45, 2.75) is 44.9 Å². The van der Waals surface area contributed by atoms with Gasteiger partial charge in [-0.05, 0) is 12.8 Å². The maximum absolute atomic E-state index is 12.2. The van der Waals surface area contributed by atoms with Gasteiger partial charge < -0.3 is 19.5 Å². The molecule has 0 aromatic carbocycles. The molecule has 2 fully saturated rings. The molecule has 0 aliphatic carbocycles. The minimum Gasteiger partial charge on any atom is -0.480 e. The number of amides is 1. The summed E-state index contributed by atoms with van der Waals surface area (Å²) in [6.45, 7) is 6.93. The number of nitrogens with zero attached hydrogens (tertiary/aromatic N) is 2. The molecule has 7 nitrogen and oxygen atoms in total. The van der Waals surface area contributed by atoms with Crippen LogP contribution in [0.25, 0.3) is 0 Å². The Bertz CT molecular complexity index is 411. The zero-order chi connectivity index (χ0) is 16.2. The Morgan fingerprint density at radius 2 is 2.05 bits per heavy atom. The summed E-state index contributed by atoms with van der Waals surface area (Å²) in [5, 5.41) is 9.46. The van der Waals surface area contributed by atoms with Crippen molar-refractivity contribution in [2.24, 2.45) is 0 Å². The molecule has 2 aliphatic heterocycles. The van der Waals surface area contributed by atoms with Gasteiger partial charge in [0.2, 0.25) is 5.91 Å². The van der Waals surface area contributed by atoms with E-state index in [4.69, 9.17) is 9.47 Å². The summed E-state index contributed by atoms with van der Waals surface area (Å²) in [5.41, 5.74) is -0.598. The van der Waals surface area contributed by atoms with Crippen LogP contribution in [0.2, 0.25) is 0 Å². The maximum Gasteiger partial charge on any atom is 0.326 e. The second kappa shape index (κ2) is 7.39. The van der Waals surface area contributed by atoms with Crippen LogP contribution in [0.1, 0.15) is 33.1 Å². The summed E-state index contributed by atoms with van der Waals surface area (Å²) in [4.78, 5) is 27.4. The van der Waals surface area contributed by atoms with E-state index in [9.17, 15) is 14.7 Å². The molecule has 2 rings (SSSR count). The molecule has 2 aliphatic rings. The number of carbonyl (C=O) groups excluding carboxylic acids is 1. The lowest BCUT2D eigenvalue weighted by molar-refractivity contribution is -0.221. The maximum atomic E-state index is 12.2. The fourth-order valence-electron chi connectivity index (χ4n) is 3.25. The highest BCUT2D eigenvalue weighted by Crippen LogP contribution is 2.29. The monoisotopic (exact) mass is 314 g/mol. The van der Waals surface area contributed by atoms with Crippen molar-refractivity contribution in [3.05, 3.63) is 0 Å². The second-order valence-corrected chi connectivity index (χ2v) is 5.85. The van der Waals surface area contributed by atoms with E-state index in [-0.39, 0.29) is 12.5 Å². The third-order valence-electron chi connectivity index (χ3n) is 4.57. The van der Waals surface area contributed by atoms with Crippen LogP contribution in [0.5, 0.6) is 0 Å². The predicted octanol–water partition coefficient (Wildman–Crippen LogP) is 0.537. The van der Waals surface area contributed by atoms with E-state index in [1.54, 1.807) is 0 Å². The van der Waals surface area contributed by atoms with Crippen LogP contribution in [-0.4, -0.2) is 78.0 Å². The molecule has 126 valence electrons. The Kier molecular flexibility index (Phi) is 5.77. The van der Waals surface area contributed by atoms with Gasteiger partial charge in [0.05, 0.1) is 19.8 Å². The molecule has 0 saturated carbocycles. The summed E-state index contributed by atoms with van der Waals surface area (Å²) in [6.07, 6.45) is 1.89. The number of carbonyl (C=O) groups is 2. The van der Waals surface area contributed by atoms with Crippen molar-refractivity contribution in [2.75, 3.05) is 39.5 Å². The van der Waals surface area contributed by atoms with E-state index in [0.717, 1.165) is 19.5 Å². The van der Waals surface area contributed by atoms with Crippen molar-refractivity contribution in [1.82, 2.24) is 9.80 Å². The Morgan fingerprint density at radius 1 is 1.36 bits per heavy atom.